The zero-order chi connectivity index (χ0) is 19.9. The number of aryl methyl sites for hydroxylation is 1. The maximum atomic E-state index is 13.1. The third-order valence-corrected chi connectivity index (χ3v) is 8.47. The van der Waals surface area contributed by atoms with Crippen molar-refractivity contribution in [2.45, 2.75) is 24.7 Å². The van der Waals surface area contributed by atoms with Crippen LogP contribution in [0.4, 0.5) is 0 Å². The van der Waals surface area contributed by atoms with Crippen LogP contribution in [0.5, 0.6) is 0 Å². The van der Waals surface area contributed by atoms with Gasteiger partial charge in [0.1, 0.15) is 4.90 Å². The van der Waals surface area contributed by atoms with Crippen LogP contribution in [0.3, 0.4) is 0 Å². The van der Waals surface area contributed by atoms with Gasteiger partial charge in [0.05, 0.1) is 30.5 Å². The second-order valence-corrected chi connectivity index (χ2v) is 9.99. The minimum Gasteiger partial charge on any atom is -0.379 e. The minimum atomic E-state index is -3.63. The summed E-state index contributed by atoms with van der Waals surface area (Å²) in [6, 6.07) is 0. The number of hydrogen-bond donors (Lipinski definition) is 0. The average Bonchev–Trinajstić information content (AvgIpc) is 3.36. The van der Waals surface area contributed by atoms with E-state index in [4.69, 9.17) is 4.74 Å². The van der Waals surface area contributed by atoms with Gasteiger partial charge in [-0.3, -0.25) is 14.4 Å². The topological polar surface area (TPSA) is 88.0 Å². The Morgan fingerprint density at radius 2 is 1.86 bits per heavy atom. The summed E-state index contributed by atoms with van der Waals surface area (Å²) in [5.74, 6) is 0.112. The molecule has 4 heterocycles. The summed E-state index contributed by atoms with van der Waals surface area (Å²) in [4.78, 5) is 17.6. The molecule has 1 amide bonds. The molecule has 0 aromatic carbocycles. The van der Waals surface area contributed by atoms with E-state index in [1.165, 1.54) is 10.5 Å². The summed E-state index contributed by atoms with van der Waals surface area (Å²) in [5, 5.41) is 4.06. The van der Waals surface area contributed by atoms with Gasteiger partial charge in [0.25, 0.3) is 0 Å². The number of rotatable bonds is 5. The molecule has 9 nitrogen and oxygen atoms in total. The molecular weight excluding hydrogens is 382 g/mol. The molecule has 1 spiro atoms. The fourth-order valence-corrected chi connectivity index (χ4v) is 6.19. The van der Waals surface area contributed by atoms with Crippen LogP contribution in [-0.4, -0.2) is 97.2 Å². The van der Waals surface area contributed by atoms with Gasteiger partial charge in [-0.2, -0.15) is 9.40 Å². The van der Waals surface area contributed by atoms with Gasteiger partial charge < -0.3 is 9.64 Å². The first kappa shape index (κ1) is 19.8. The smallest absolute Gasteiger partial charge is 0.246 e. The molecule has 1 atom stereocenters. The van der Waals surface area contributed by atoms with Gasteiger partial charge in [0.15, 0.2) is 0 Å². The zero-order valence-electron chi connectivity index (χ0n) is 16.6. The number of nitrogens with zero attached hydrogens (tertiary/aromatic N) is 5. The summed E-state index contributed by atoms with van der Waals surface area (Å²) in [5.41, 5.74) is 0.0552. The fourth-order valence-electron chi connectivity index (χ4n) is 4.48. The summed E-state index contributed by atoms with van der Waals surface area (Å²) >= 11 is 0. The first-order valence-electron chi connectivity index (χ1n) is 9.92. The molecule has 0 bridgehead atoms. The van der Waals surface area contributed by atoms with Crippen LogP contribution in [0, 0.1) is 12.3 Å². The summed E-state index contributed by atoms with van der Waals surface area (Å²) in [6.45, 7) is 7.99. The number of sulfonamides is 1. The van der Waals surface area contributed by atoms with Gasteiger partial charge in [0, 0.05) is 52.9 Å². The summed E-state index contributed by atoms with van der Waals surface area (Å²) in [7, 11) is -1.90. The second-order valence-electron chi connectivity index (χ2n) is 8.08. The van der Waals surface area contributed by atoms with E-state index in [0.29, 0.717) is 31.7 Å². The molecule has 0 saturated carbocycles. The molecule has 1 aromatic rings. The molecule has 0 radical (unpaired) electrons. The Hall–Kier alpha value is -1.49. The number of carbonyl (C=O) groups excluding carboxylic acids is 1. The molecule has 3 fully saturated rings. The standard InChI is InChI=1S/C18H29N5O4S/c1-15-16(13-19-20(15)2)28(25,26)23-6-4-18(14-23)3-5-22(17(18)24)8-7-21-9-11-27-12-10-21/h13H,3-12,14H2,1-2H3. The lowest BCUT2D eigenvalue weighted by molar-refractivity contribution is -0.135. The highest BCUT2D eigenvalue weighted by Gasteiger charge is 2.53. The van der Waals surface area contributed by atoms with Gasteiger partial charge in [-0.1, -0.05) is 0 Å². The van der Waals surface area contributed by atoms with Gasteiger partial charge in [-0.15, -0.1) is 0 Å². The normalized spacial score (nSPS) is 27.4. The van der Waals surface area contributed by atoms with E-state index in [9.17, 15) is 13.2 Å². The maximum Gasteiger partial charge on any atom is 0.246 e. The highest BCUT2D eigenvalue weighted by atomic mass is 32.2. The third kappa shape index (κ3) is 3.36. The van der Waals surface area contributed by atoms with Crippen molar-refractivity contribution >= 4 is 15.9 Å². The first-order valence-corrected chi connectivity index (χ1v) is 11.4. The molecule has 3 aliphatic heterocycles. The SMILES string of the molecule is Cc1c(S(=O)(=O)N2CCC3(CCN(CCN4CCOCC4)C3=O)C2)cnn1C. The van der Waals surface area contributed by atoms with Crippen molar-refractivity contribution in [2.75, 3.05) is 59.0 Å². The number of likely N-dealkylation sites (tertiary alicyclic amines) is 1. The van der Waals surface area contributed by atoms with Gasteiger partial charge in [-0.25, -0.2) is 8.42 Å². The van der Waals surface area contributed by atoms with E-state index in [0.717, 1.165) is 39.3 Å². The van der Waals surface area contributed by atoms with Crippen molar-refractivity contribution in [1.29, 1.82) is 0 Å². The van der Waals surface area contributed by atoms with E-state index in [1.807, 2.05) is 4.90 Å². The molecule has 1 unspecified atom stereocenters. The fraction of sp³-hybridized carbons (Fsp3) is 0.778. The van der Waals surface area contributed by atoms with Crippen molar-refractivity contribution in [1.82, 2.24) is 23.9 Å². The van der Waals surface area contributed by atoms with Crippen molar-refractivity contribution in [3.05, 3.63) is 11.9 Å². The molecule has 3 aliphatic rings. The van der Waals surface area contributed by atoms with Crippen LogP contribution in [0.15, 0.2) is 11.1 Å². The lowest BCUT2D eigenvalue weighted by atomic mass is 9.86. The Bertz CT molecular complexity index is 848. The molecule has 156 valence electrons. The molecule has 1 aromatic heterocycles. The van der Waals surface area contributed by atoms with Crippen molar-refractivity contribution in [3.8, 4) is 0 Å². The molecule has 0 N–H and O–H groups in total. The average molecular weight is 412 g/mol. The van der Waals surface area contributed by atoms with Crippen LogP contribution < -0.4 is 0 Å². The zero-order valence-corrected chi connectivity index (χ0v) is 17.4. The number of amides is 1. The van der Waals surface area contributed by atoms with E-state index >= 15 is 0 Å². The van der Waals surface area contributed by atoms with Gasteiger partial charge in [0.2, 0.25) is 15.9 Å². The van der Waals surface area contributed by atoms with Crippen LogP contribution in [0.2, 0.25) is 0 Å². The maximum absolute atomic E-state index is 13.1. The van der Waals surface area contributed by atoms with Gasteiger partial charge in [-0.05, 0) is 19.8 Å². The Balaban J connectivity index is 1.41. The van der Waals surface area contributed by atoms with E-state index in [2.05, 4.69) is 10.00 Å². The number of morpholine rings is 1. The van der Waals surface area contributed by atoms with Crippen LogP contribution in [0.1, 0.15) is 18.5 Å². The Labute approximate surface area is 166 Å². The number of ether oxygens (including phenoxy) is 1. The molecule has 0 aliphatic carbocycles. The van der Waals surface area contributed by atoms with Crippen molar-refractivity contribution in [2.24, 2.45) is 12.5 Å². The molecular formula is C18H29N5O4S. The monoisotopic (exact) mass is 411 g/mol. The van der Waals surface area contributed by atoms with Crippen LogP contribution in [0.25, 0.3) is 0 Å². The highest BCUT2D eigenvalue weighted by molar-refractivity contribution is 7.89. The van der Waals surface area contributed by atoms with Crippen molar-refractivity contribution in [3.63, 3.8) is 0 Å². The Kier molecular flexibility index (Phi) is 5.24. The van der Waals surface area contributed by atoms with Crippen molar-refractivity contribution < 1.29 is 17.9 Å². The predicted molar refractivity (Wildman–Crippen MR) is 102 cm³/mol. The molecule has 28 heavy (non-hydrogen) atoms. The van der Waals surface area contributed by atoms with Crippen LogP contribution >= 0.6 is 0 Å². The molecule has 4 rings (SSSR count). The second kappa shape index (κ2) is 7.40. The Morgan fingerprint density at radius 3 is 2.54 bits per heavy atom. The first-order chi connectivity index (χ1) is 13.3. The van der Waals surface area contributed by atoms with E-state index in [1.54, 1.807) is 18.7 Å². The number of aromatic nitrogens is 2. The highest BCUT2D eigenvalue weighted by Crippen LogP contribution is 2.42. The predicted octanol–water partition coefficient (Wildman–Crippen LogP) is -0.326. The molecule has 10 heteroatoms. The summed E-state index contributed by atoms with van der Waals surface area (Å²) in [6.07, 6.45) is 2.73. The largest absolute Gasteiger partial charge is 0.379 e. The van der Waals surface area contributed by atoms with Crippen LogP contribution in [-0.2, 0) is 26.6 Å². The van der Waals surface area contributed by atoms with E-state index < -0.39 is 15.4 Å². The quantitative estimate of drug-likeness (QED) is 0.660. The number of hydrogen-bond acceptors (Lipinski definition) is 6. The number of carbonyl (C=O) groups is 1. The molecule has 3 saturated heterocycles. The summed E-state index contributed by atoms with van der Waals surface area (Å²) < 4.78 is 34.5. The van der Waals surface area contributed by atoms with Gasteiger partial charge >= 0.3 is 0 Å². The minimum absolute atomic E-state index is 0.112. The lowest BCUT2D eigenvalue weighted by Crippen LogP contribution is -2.43. The lowest BCUT2D eigenvalue weighted by Gasteiger charge is -2.29. The Morgan fingerprint density at radius 1 is 1.14 bits per heavy atom. The van der Waals surface area contributed by atoms with E-state index in [-0.39, 0.29) is 17.3 Å². The third-order valence-electron chi connectivity index (χ3n) is 6.52.